The van der Waals surface area contributed by atoms with Crippen LogP contribution in [-0.4, -0.2) is 6.04 Å². The second kappa shape index (κ2) is 4.69. The van der Waals surface area contributed by atoms with Gasteiger partial charge in [0.25, 0.3) is 0 Å². The summed E-state index contributed by atoms with van der Waals surface area (Å²) < 4.78 is 0. The molecule has 0 spiro atoms. The Morgan fingerprint density at radius 3 is 2.38 bits per heavy atom. The summed E-state index contributed by atoms with van der Waals surface area (Å²) in [6.07, 6.45) is 10.3. The normalized spacial score (nSPS) is 20.2. The van der Waals surface area contributed by atoms with Crippen molar-refractivity contribution in [2.75, 3.05) is 0 Å². The Bertz CT molecular complexity index is 371. The number of rotatable bonds is 3. The molecule has 1 fully saturated rings. The van der Waals surface area contributed by atoms with Crippen molar-refractivity contribution in [3.05, 3.63) is 35.9 Å². The first-order chi connectivity index (χ1) is 7.83. The predicted octanol–water partition coefficient (Wildman–Crippen LogP) is 1.96. The lowest BCUT2D eigenvalue weighted by atomic mass is 9.73. The topological polar surface area (TPSA) is 38.0 Å². The van der Waals surface area contributed by atoms with E-state index in [1.807, 2.05) is 6.07 Å². The molecule has 2 heteroatoms. The van der Waals surface area contributed by atoms with Gasteiger partial charge >= 0.3 is 0 Å². The maximum Gasteiger partial charge on any atom is 0.0911 e. The molecule has 1 saturated carbocycles. The summed E-state index contributed by atoms with van der Waals surface area (Å²) in [5.41, 5.74) is 4.14. The van der Waals surface area contributed by atoms with Gasteiger partial charge in [-0.05, 0) is 18.4 Å². The molecule has 1 atom stereocenters. The Balaban J connectivity index is 2.40. The zero-order valence-electron chi connectivity index (χ0n) is 9.45. The summed E-state index contributed by atoms with van der Waals surface area (Å²) in [6.45, 7) is 0. The Morgan fingerprint density at radius 1 is 1.25 bits per heavy atom. The van der Waals surface area contributed by atoms with E-state index in [2.05, 4.69) is 35.6 Å². The minimum Gasteiger partial charge on any atom is -0.270 e. The Labute approximate surface area is 97.2 Å². The van der Waals surface area contributed by atoms with E-state index in [1.54, 1.807) is 0 Å². The molecule has 0 heterocycles. The van der Waals surface area contributed by atoms with Gasteiger partial charge in [0.1, 0.15) is 0 Å². The third-order valence-corrected chi connectivity index (χ3v) is 3.73. The molecule has 1 aromatic rings. The van der Waals surface area contributed by atoms with Gasteiger partial charge in [-0.25, -0.2) is 5.43 Å². The molecule has 16 heavy (non-hydrogen) atoms. The zero-order valence-corrected chi connectivity index (χ0v) is 9.45. The van der Waals surface area contributed by atoms with Crippen LogP contribution in [0, 0.1) is 12.3 Å². The van der Waals surface area contributed by atoms with Crippen molar-refractivity contribution >= 4 is 0 Å². The van der Waals surface area contributed by atoms with Gasteiger partial charge in [-0.1, -0.05) is 49.1 Å². The predicted molar refractivity (Wildman–Crippen MR) is 66.5 cm³/mol. The average molecular weight is 214 g/mol. The molecular formula is C14H18N2. The number of hydrazine groups is 1. The zero-order chi connectivity index (χ0) is 11.4. The molecule has 0 saturated heterocycles. The number of hydrogen-bond acceptors (Lipinski definition) is 2. The van der Waals surface area contributed by atoms with E-state index in [9.17, 15) is 0 Å². The lowest BCUT2D eigenvalue weighted by Crippen LogP contribution is -2.49. The SMILES string of the molecule is C#CC(NN)C1(c2ccccc2)CCCC1. The Hall–Kier alpha value is -1.30. The molecule has 1 aromatic carbocycles. The third kappa shape index (κ3) is 1.73. The molecule has 3 N–H and O–H groups in total. The van der Waals surface area contributed by atoms with Gasteiger partial charge in [-0.2, -0.15) is 0 Å². The van der Waals surface area contributed by atoms with Crippen molar-refractivity contribution < 1.29 is 0 Å². The number of hydrogen-bond donors (Lipinski definition) is 2. The first-order valence-corrected chi connectivity index (χ1v) is 5.81. The van der Waals surface area contributed by atoms with Crippen molar-refractivity contribution in [3.63, 3.8) is 0 Å². The largest absolute Gasteiger partial charge is 0.270 e. The van der Waals surface area contributed by atoms with E-state index in [0.717, 1.165) is 12.8 Å². The fraction of sp³-hybridized carbons (Fsp3) is 0.429. The second-order valence-corrected chi connectivity index (χ2v) is 4.50. The lowest BCUT2D eigenvalue weighted by molar-refractivity contribution is 0.353. The van der Waals surface area contributed by atoms with E-state index >= 15 is 0 Å². The van der Waals surface area contributed by atoms with Gasteiger partial charge in [0, 0.05) is 5.41 Å². The van der Waals surface area contributed by atoms with Crippen LogP contribution in [0.1, 0.15) is 31.2 Å². The van der Waals surface area contributed by atoms with Crippen LogP contribution < -0.4 is 11.3 Å². The molecule has 84 valence electrons. The van der Waals surface area contributed by atoms with Crippen molar-refractivity contribution in [3.8, 4) is 12.3 Å². The third-order valence-electron chi connectivity index (χ3n) is 3.73. The minimum absolute atomic E-state index is 0.0325. The molecule has 0 amide bonds. The summed E-state index contributed by atoms with van der Waals surface area (Å²) in [4.78, 5) is 0. The molecule has 0 radical (unpaired) electrons. The first kappa shape index (κ1) is 11.2. The fourth-order valence-corrected chi connectivity index (χ4v) is 2.89. The molecule has 0 aliphatic heterocycles. The van der Waals surface area contributed by atoms with Crippen molar-refractivity contribution in [1.82, 2.24) is 5.43 Å². The van der Waals surface area contributed by atoms with Crippen LogP contribution in [0.2, 0.25) is 0 Å². The number of benzene rings is 1. The smallest absolute Gasteiger partial charge is 0.0911 e. The number of nitrogens with two attached hydrogens (primary N) is 1. The Kier molecular flexibility index (Phi) is 3.28. The molecule has 1 aliphatic rings. The van der Waals surface area contributed by atoms with Gasteiger partial charge in [0.2, 0.25) is 0 Å². The molecule has 0 bridgehead atoms. The lowest BCUT2D eigenvalue weighted by Gasteiger charge is -2.34. The second-order valence-electron chi connectivity index (χ2n) is 4.50. The van der Waals surface area contributed by atoms with Crippen molar-refractivity contribution in [1.29, 1.82) is 0 Å². The van der Waals surface area contributed by atoms with E-state index < -0.39 is 0 Å². The van der Waals surface area contributed by atoms with E-state index in [-0.39, 0.29) is 11.5 Å². The summed E-state index contributed by atoms with van der Waals surface area (Å²) in [6, 6.07) is 10.4. The number of terminal acetylenes is 1. The summed E-state index contributed by atoms with van der Waals surface area (Å²) in [5.74, 6) is 8.39. The summed E-state index contributed by atoms with van der Waals surface area (Å²) in [7, 11) is 0. The highest BCUT2D eigenvalue weighted by Gasteiger charge is 2.41. The quantitative estimate of drug-likeness (QED) is 0.458. The van der Waals surface area contributed by atoms with Gasteiger partial charge < -0.3 is 0 Å². The number of nitrogens with one attached hydrogen (secondary N) is 1. The molecule has 2 nitrogen and oxygen atoms in total. The highest BCUT2D eigenvalue weighted by atomic mass is 15.2. The highest BCUT2D eigenvalue weighted by molar-refractivity contribution is 5.32. The fourth-order valence-electron chi connectivity index (χ4n) is 2.89. The standard InChI is InChI=1S/C14H18N2/c1-2-13(16-15)14(10-6-7-11-14)12-8-4-3-5-9-12/h1,3-5,8-9,13,16H,6-7,10-11,15H2. The Morgan fingerprint density at radius 2 is 1.88 bits per heavy atom. The monoisotopic (exact) mass is 214 g/mol. The molecular weight excluding hydrogens is 196 g/mol. The van der Waals surface area contributed by atoms with Crippen LogP contribution in [0.3, 0.4) is 0 Å². The van der Waals surface area contributed by atoms with E-state index in [1.165, 1.54) is 18.4 Å². The van der Waals surface area contributed by atoms with Crippen LogP contribution >= 0.6 is 0 Å². The average Bonchev–Trinajstić information content (AvgIpc) is 2.82. The van der Waals surface area contributed by atoms with Crippen LogP contribution in [0.5, 0.6) is 0 Å². The molecule has 0 aromatic heterocycles. The molecule has 1 unspecified atom stereocenters. The van der Waals surface area contributed by atoms with Crippen molar-refractivity contribution in [2.24, 2.45) is 5.84 Å². The maximum absolute atomic E-state index is 5.59. The summed E-state index contributed by atoms with van der Waals surface area (Å²) >= 11 is 0. The molecule has 2 rings (SSSR count). The van der Waals surface area contributed by atoms with Crippen LogP contribution in [-0.2, 0) is 5.41 Å². The summed E-state index contributed by atoms with van der Waals surface area (Å²) in [5, 5.41) is 0. The minimum atomic E-state index is -0.0719. The van der Waals surface area contributed by atoms with Gasteiger partial charge in [-0.15, -0.1) is 6.42 Å². The van der Waals surface area contributed by atoms with E-state index in [4.69, 9.17) is 12.3 Å². The van der Waals surface area contributed by atoms with Gasteiger partial charge in [0.15, 0.2) is 0 Å². The van der Waals surface area contributed by atoms with Crippen LogP contribution in [0.25, 0.3) is 0 Å². The highest BCUT2D eigenvalue weighted by Crippen LogP contribution is 2.43. The molecule has 1 aliphatic carbocycles. The van der Waals surface area contributed by atoms with E-state index in [0.29, 0.717) is 0 Å². The van der Waals surface area contributed by atoms with Crippen molar-refractivity contribution in [2.45, 2.75) is 37.1 Å². The maximum atomic E-state index is 5.59. The van der Waals surface area contributed by atoms with Crippen LogP contribution in [0.15, 0.2) is 30.3 Å². The van der Waals surface area contributed by atoms with Crippen LogP contribution in [0.4, 0.5) is 0 Å². The van der Waals surface area contributed by atoms with Gasteiger partial charge in [0.05, 0.1) is 6.04 Å². The van der Waals surface area contributed by atoms with Gasteiger partial charge in [-0.3, -0.25) is 5.84 Å². The first-order valence-electron chi connectivity index (χ1n) is 5.81.